The zero-order valence-electron chi connectivity index (χ0n) is 18.2. The Morgan fingerprint density at radius 1 is 0.903 bits per heavy atom. The summed E-state index contributed by atoms with van der Waals surface area (Å²) in [4.78, 5) is 0.124. The van der Waals surface area contributed by atoms with Crippen LogP contribution >= 0.6 is 0 Å². The molecule has 0 amide bonds. The Labute approximate surface area is 185 Å². The fourth-order valence-electron chi connectivity index (χ4n) is 3.84. The highest BCUT2D eigenvalue weighted by atomic mass is 32.2. The first-order valence-electron chi connectivity index (χ1n) is 10.6. The molecule has 2 aromatic carbocycles. The van der Waals surface area contributed by atoms with Crippen LogP contribution in [0.4, 0.5) is 5.69 Å². The third kappa shape index (κ3) is 5.05. The largest absolute Gasteiger partial charge is 0.492 e. The molecule has 1 aliphatic carbocycles. The summed E-state index contributed by atoms with van der Waals surface area (Å²) in [5.41, 5.74) is 2.43. The number of nitrogens with one attached hydrogen (secondary N) is 1. The second-order valence-corrected chi connectivity index (χ2v) is 11.0. The van der Waals surface area contributed by atoms with Crippen LogP contribution in [0, 0.1) is 0 Å². The van der Waals surface area contributed by atoms with Gasteiger partial charge in [0.05, 0.1) is 17.2 Å². The highest BCUT2D eigenvalue weighted by Crippen LogP contribution is 2.31. The molecule has 0 atom stereocenters. The number of hydrogen-bond donors (Lipinski definition) is 1. The summed E-state index contributed by atoms with van der Waals surface area (Å²) in [6, 6.07) is 9.53. The third-order valence-electron chi connectivity index (χ3n) is 5.45. The third-order valence-corrected chi connectivity index (χ3v) is 8.90. The van der Waals surface area contributed by atoms with Gasteiger partial charge in [-0.2, -0.15) is 4.31 Å². The van der Waals surface area contributed by atoms with E-state index in [4.69, 9.17) is 4.74 Å². The van der Waals surface area contributed by atoms with Crippen molar-refractivity contribution >= 4 is 25.7 Å². The molecule has 0 radical (unpaired) electrons. The Morgan fingerprint density at radius 2 is 1.58 bits per heavy atom. The van der Waals surface area contributed by atoms with Crippen LogP contribution in [0.5, 0.6) is 5.75 Å². The van der Waals surface area contributed by atoms with Crippen molar-refractivity contribution in [3.8, 4) is 5.75 Å². The lowest BCUT2D eigenvalue weighted by atomic mass is 9.92. The molecule has 170 valence electrons. The van der Waals surface area contributed by atoms with Crippen LogP contribution in [0.2, 0.25) is 0 Å². The molecular weight excluding hydrogens is 436 g/mol. The van der Waals surface area contributed by atoms with Gasteiger partial charge in [0.1, 0.15) is 10.6 Å². The molecule has 1 N–H and O–H groups in total. The standard InChI is InChI=1S/C22H30N2O5S2/c1-4-24(5-2)31(27,28)22-16-19(12-14-21(22)29-6-3)23-30(25,26)20-13-11-17-9-7-8-10-18(17)15-20/h11-16,23H,4-10H2,1-3H3. The number of aryl methyl sites for hydroxylation is 2. The fourth-order valence-corrected chi connectivity index (χ4v) is 6.56. The lowest BCUT2D eigenvalue weighted by Gasteiger charge is -2.21. The summed E-state index contributed by atoms with van der Waals surface area (Å²) in [6.07, 6.45) is 4.01. The van der Waals surface area contributed by atoms with Gasteiger partial charge in [-0.15, -0.1) is 0 Å². The first kappa shape index (κ1) is 23.6. The van der Waals surface area contributed by atoms with Crippen LogP contribution in [0.1, 0.15) is 44.7 Å². The van der Waals surface area contributed by atoms with Gasteiger partial charge in [-0.1, -0.05) is 19.9 Å². The van der Waals surface area contributed by atoms with Crippen molar-refractivity contribution in [1.29, 1.82) is 0 Å². The first-order valence-corrected chi connectivity index (χ1v) is 13.6. The lowest BCUT2D eigenvalue weighted by Crippen LogP contribution is -2.31. The van der Waals surface area contributed by atoms with E-state index in [1.165, 1.54) is 28.1 Å². The topological polar surface area (TPSA) is 92.8 Å². The van der Waals surface area contributed by atoms with E-state index < -0.39 is 20.0 Å². The van der Waals surface area contributed by atoms with Crippen LogP contribution in [0.3, 0.4) is 0 Å². The second-order valence-electron chi connectivity index (χ2n) is 7.43. The van der Waals surface area contributed by atoms with Crippen molar-refractivity contribution in [2.75, 3.05) is 24.4 Å². The highest BCUT2D eigenvalue weighted by molar-refractivity contribution is 7.92. The van der Waals surface area contributed by atoms with E-state index in [0.717, 1.165) is 31.2 Å². The van der Waals surface area contributed by atoms with Crippen molar-refractivity contribution < 1.29 is 21.6 Å². The summed E-state index contributed by atoms with van der Waals surface area (Å²) in [7, 11) is -7.70. The monoisotopic (exact) mass is 466 g/mol. The smallest absolute Gasteiger partial charge is 0.261 e. The number of hydrogen-bond acceptors (Lipinski definition) is 5. The van der Waals surface area contributed by atoms with Crippen molar-refractivity contribution in [1.82, 2.24) is 4.31 Å². The van der Waals surface area contributed by atoms with Gasteiger partial charge in [0, 0.05) is 13.1 Å². The molecule has 2 aromatic rings. The number of ether oxygens (including phenoxy) is 1. The zero-order chi connectivity index (χ0) is 22.6. The Balaban J connectivity index is 1.98. The molecule has 1 aliphatic rings. The van der Waals surface area contributed by atoms with Gasteiger partial charge in [-0.25, -0.2) is 16.8 Å². The lowest BCUT2D eigenvalue weighted by molar-refractivity contribution is 0.329. The Morgan fingerprint density at radius 3 is 2.23 bits per heavy atom. The van der Waals surface area contributed by atoms with Gasteiger partial charge in [-0.05, 0) is 74.1 Å². The van der Waals surface area contributed by atoms with E-state index in [1.54, 1.807) is 32.9 Å². The van der Waals surface area contributed by atoms with E-state index in [2.05, 4.69) is 4.72 Å². The maximum absolute atomic E-state index is 13.1. The minimum Gasteiger partial charge on any atom is -0.492 e. The van der Waals surface area contributed by atoms with Gasteiger partial charge in [0.25, 0.3) is 10.0 Å². The number of benzene rings is 2. The molecule has 0 spiro atoms. The summed E-state index contributed by atoms with van der Waals surface area (Å²) in [5, 5.41) is 0. The molecule has 7 nitrogen and oxygen atoms in total. The summed E-state index contributed by atoms with van der Waals surface area (Å²) in [6.45, 7) is 6.17. The molecule has 0 saturated carbocycles. The molecule has 31 heavy (non-hydrogen) atoms. The normalized spacial score (nSPS) is 14.3. The van der Waals surface area contributed by atoms with Gasteiger partial charge >= 0.3 is 0 Å². The van der Waals surface area contributed by atoms with Crippen molar-refractivity contribution in [3.63, 3.8) is 0 Å². The van der Waals surface area contributed by atoms with Gasteiger partial charge in [0.15, 0.2) is 0 Å². The summed E-state index contributed by atoms with van der Waals surface area (Å²) >= 11 is 0. The van der Waals surface area contributed by atoms with Crippen LogP contribution < -0.4 is 9.46 Å². The van der Waals surface area contributed by atoms with E-state index in [0.29, 0.717) is 19.7 Å². The number of rotatable bonds is 9. The van der Waals surface area contributed by atoms with Gasteiger partial charge in [-0.3, -0.25) is 4.72 Å². The molecule has 0 saturated heterocycles. The minimum absolute atomic E-state index is 0.0521. The van der Waals surface area contributed by atoms with Gasteiger partial charge in [0.2, 0.25) is 10.0 Å². The van der Waals surface area contributed by atoms with Crippen molar-refractivity contribution in [2.24, 2.45) is 0 Å². The SMILES string of the molecule is CCOc1ccc(NS(=O)(=O)c2ccc3c(c2)CCCC3)cc1S(=O)(=O)N(CC)CC. The molecule has 0 aliphatic heterocycles. The summed E-state index contributed by atoms with van der Waals surface area (Å²) in [5.74, 6) is 0.200. The van der Waals surface area contributed by atoms with E-state index in [1.807, 2.05) is 6.07 Å². The molecule has 0 heterocycles. The summed E-state index contributed by atoms with van der Waals surface area (Å²) < 4.78 is 61.6. The zero-order valence-corrected chi connectivity index (χ0v) is 19.9. The predicted molar refractivity (Wildman–Crippen MR) is 122 cm³/mol. The predicted octanol–water partition coefficient (Wildman–Crippen LogP) is 3.80. The van der Waals surface area contributed by atoms with E-state index in [-0.39, 0.29) is 21.2 Å². The van der Waals surface area contributed by atoms with Crippen molar-refractivity contribution in [2.45, 2.75) is 56.2 Å². The number of sulfonamides is 2. The molecule has 0 fully saturated rings. The molecule has 3 rings (SSSR count). The number of nitrogens with zero attached hydrogens (tertiary/aromatic N) is 1. The minimum atomic E-state index is -3.86. The number of anilines is 1. The average Bonchev–Trinajstić information content (AvgIpc) is 2.75. The molecule has 0 unspecified atom stereocenters. The maximum atomic E-state index is 13.1. The van der Waals surface area contributed by atoms with Crippen LogP contribution in [-0.4, -0.2) is 40.8 Å². The maximum Gasteiger partial charge on any atom is 0.261 e. The quantitative estimate of drug-likeness (QED) is 0.607. The molecule has 0 aromatic heterocycles. The van der Waals surface area contributed by atoms with Crippen LogP contribution in [0.15, 0.2) is 46.2 Å². The molecule has 9 heteroatoms. The van der Waals surface area contributed by atoms with E-state index >= 15 is 0 Å². The Kier molecular flexibility index (Phi) is 7.28. The van der Waals surface area contributed by atoms with Crippen molar-refractivity contribution in [3.05, 3.63) is 47.5 Å². The molecule has 0 bridgehead atoms. The molecular formula is C22H30N2O5S2. The first-order chi connectivity index (χ1) is 14.7. The fraction of sp³-hybridized carbons (Fsp3) is 0.455. The number of fused-ring (bicyclic) bond motifs is 1. The highest BCUT2D eigenvalue weighted by Gasteiger charge is 2.27. The van der Waals surface area contributed by atoms with Crippen LogP contribution in [-0.2, 0) is 32.9 Å². The second kappa shape index (κ2) is 9.58. The van der Waals surface area contributed by atoms with Crippen LogP contribution in [0.25, 0.3) is 0 Å². The van der Waals surface area contributed by atoms with E-state index in [9.17, 15) is 16.8 Å². The Hall–Kier alpha value is -2.10. The van der Waals surface area contributed by atoms with Gasteiger partial charge < -0.3 is 4.74 Å². The average molecular weight is 467 g/mol. The Bertz CT molecular complexity index is 1140.